The largest absolute Gasteiger partial charge is 0.497 e. The van der Waals surface area contributed by atoms with E-state index in [1.165, 1.54) is 5.56 Å². The lowest BCUT2D eigenvalue weighted by molar-refractivity contribution is 0.0748. The first-order chi connectivity index (χ1) is 17.0. The molecule has 0 radical (unpaired) electrons. The predicted molar refractivity (Wildman–Crippen MR) is 130 cm³/mol. The molecular weight excluding hydrogens is 453 g/mol. The lowest BCUT2D eigenvalue weighted by Gasteiger charge is -2.37. The van der Waals surface area contributed by atoms with Crippen molar-refractivity contribution in [2.24, 2.45) is 11.8 Å². The molecule has 1 saturated heterocycles. The van der Waals surface area contributed by atoms with Gasteiger partial charge in [-0.2, -0.15) is 0 Å². The Morgan fingerprint density at radius 1 is 1.14 bits per heavy atom. The monoisotopic (exact) mass is 482 g/mol. The van der Waals surface area contributed by atoms with E-state index in [1.54, 1.807) is 7.11 Å². The van der Waals surface area contributed by atoms with E-state index in [-0.39, 0.29) is 18.1 Å². The summed E-state index contributed by atoms with van der Waals surface area (Å²) >= 11 is 0. The number of nitrogens with zero attached hydrogens (tertiary/aromatic N) is 2. The van der Waals surface area contributed by atoms with Gasteiger partial charge in [0.25, 0.3) is 0 Å². The maximum atomic E-state index is 13.8. The van der Waals surface area contributed by atoms with Crippen molar-refractivity contribution < 1.29 is 23.0 Å². The van der Waals surface area contributed by atoms with Crippen LogP contribution in [0, 0.1) is 41.1 Å². The SMILES string of the molecule is COc1ccc2nccc(CCC[C@@H]3CCN(CC#Cc4cc(F)cc(F)c4F)C[C@@H]3CO)c2c1. The number of hydrogen-bond donors (Lipinski definition) is 1. The summed E-state index contributed by atoms with van der Waals surface area (Å²) < 4.78 is 45.8. The molecule has 0 unspecified atom stereocenters. The lowest BCUT2D eigenvalue weighted by Crippen LogP contribution is -2.42. The number of aryl methyl sites for hydroxylation is 1. The Labute approximate surface area is 203 Å². The first kappa shape index (κ1) is 25.0. The van der Waals surface area contributed by atoms with Crippen LogP contribution < -0.4 is 4.74 Å². The van der Waals surface area contributed by atoms with Gasteiger partial charge in [-0.05, 0) is 80.0 Å². The predicted octanol–water partition coefficient (Wildman–Crippen LogP) is 4.97. The quantitative estimate of drug-likeness (QED) is 0.382. The molecule has 4 rings (SSSR count). The molecule has 2 aromatic carbocycles. The van der Waals surface area contributed by atoms with Crippen molar-refractivity contribution in [3.05, 3.63) is 71.2 Å². The highest BCUT2D eigenvalue weighted by atomic mass is 19.2. The molecule has 0 bridgehead atoms. The topological polar surface area (TPSA) is 45.6 Å². The minimum absolute atomic E-state index is 0.0910. The molecule has 1 aromatic heterocycles. The Morgan fingerprint density at radius 2 is 2.00 bits per heavy atom. The van der Waals surface area contributed by atoms with Gasteiger partial charge in [0, 0.05) is 30.8 Å². The molecule has 4 nitrogen and oxygen atoms in total. The number of benzene rings is 2. The van der Waals surface area contributed by atoms with Gasteiger partial charge in [-0.15, -0.1) is 0 Å². The van der Waals surface area contributed by atoms with Gasteiger partial charge in [0.2, 0.25) is 0 Å². The average Bonchev–Trinajstić information content (AvgIpc) is 2.87. The second-order valence-corrected chi connectivity index (χ2v) is 9.02. The highest BCUT2D eigenvalue weighted by Crippen LogP contribution is 2.29. The summed E-state index contributed by atoms with van der Waals surface area (Å²) in [6.45, 7) is 1.94. The first-order valence-corrected chi connectivity index (χ1v) is 11.9. The molecule has 7 heteroatoms. The number of hydrogen-bond acceptors (Lipinski definition) is 4. The Hall–Kier alpha value is -3.08. The number of aliphatic hydroxyl groups is 1. The third-order valence-electron chi connectivity index (χ3n) is 6.79. The summed E-state index contributed by atoms with van der Waals surface area (Å²) in [5.41, 5.74) is 1.91. The maximum Gasteiger partial charge on any atom is 0.174 e. The molecule has 3 aromatic rings. The van der Waals surface area contributed by atoms with Crippen LogP contribution in [0.15, 0.2) is 42.6 Å². The molecule has 35 heavy (non-hydrogen) atoms. The molecule has 1 aliphatic rings. The Balaban J connectivity index is 1.32. The normalized spacial score (nSPS) is 18.3. The first-order valence-electron chi connectivity index (χ1n) is 11.9. The van der Waals surface area contributed by atoms with Gasteiger partial charge in [-0.1, -0.05) is 11.8 Å². The summed E-state index contributed by atoms with van der Waals surface area (Å²) in [6, 6.07) is 9.37. The van der Waals surface area contributed by atoms with Crippen LogP contribution in [0.2, 0.25) is 0 Å². The van der Waals surface area contributed by atoms with E-state index in [2.05, 4.69) is 27.8 Å². The van der Waals surface area contributed by atoms with Crippen LogP contribution in [0.5, 0.6) is 5.75 Å². The summed E-state index contributed by atoms with van der Waals surface area (Å²) in [5, 5.41) is 11.1. The third kappa shape index (κ3) is 6.14. The minimum Gasteiger partial charge on any atom is -0.497 e. The molecule has 2 heterocycles. The number of fused-ring (bicyclic) bond motifs is 1. The zero-order chi connectivity index (χ0) is 24.8. The molecule has 1 fully saturated rings. The molecule has 2 atom stereocenters. The molecule has 1 N–H and O–H groups in total. The second kappa shape index (κ2) is 11.6. The lowest BCUT2D eigenvalue weighted by atomic mass is 9.82. The Bertz CT molecular complexity index is 1240. The minimum atomic E-state index is -1.24. The van der Waals surface area contributed by atoms with Crippen molar-refractivity contribution in [3.63, 3.8) is 0 Å². The third-order valence-corrected chi connectivity index (χ3v) is 6.79. The number of piperidine rings is 1. The van der Waals surface area contributed by atoms with E-state index in [4.69, 9.17) is 4.74 Å². The fourth-order valence-corrected chi connectivity index (χ4v) is 4.86. The van der Waals surface area contributed by atoms with Crippen molar-refractivity contribution in [3.8, 4) is 17.6 Å². The molecule has 184 valence electrons. The van der Waals surface area contributed by atoms with Crippen molar-refractivity contribution in [1.29, 1.82) is 0 Å². The van der Waals surface area contributed by atoms with E-state index >= 15 is 0 Å². The summed E-state index contributed by atoms with van der Waals surface area (Å²) in [6.07, 6.45) is 5.70. The van der Waals surface area contributed by atoms with E-state index in [0.717, 1.165) is 54.9 Å². The standard InChI is InChI=1S/C28H29F3N2O2/c1-35-24-7-8-27-25(16-24)20(9-11-32-27)5-2-4-19-10-13-33(17-22(19)18-34)12-3-6-21-14-23(29)15-26(30)28(21)31/h7-9,11,14-16,19,22,34H,2,4-5,10,12-13,17-18H2,1H3/t19-,22-/m1/s1. The molecule has 0 amide bonds. The zero-order valence-electron chi connectivity index (χ0n) is 19.7. The van der Waals surface area contributed by atoms with Crippen molar-refractivity contribution in [1.82, 2.24) is 9.88 Å². The highest BCUT2D eigenvalue weighted by Gasteiger charge is 2.28. The fraction of sp³-hybridized carbons (Fsp3) is 0.393. The van der Waals surface area contributed by atoms with Crippen molar-refractivity contribution in [2.75, 3.05) is 33.4 Å². The van der Waals surface area contributed by atoms with E-state index in [9.17, 15) is 18.3 Å². The van der Waals surface area contributed by atoms with Gasteiger partial charge in [0.15, 0.2) is 11.6 Å². The number of ether oxygens (including phenoxy) is 1. The van der Waals surface area contributed by atoms with E-state index in [0.29, 0.717) is 25.1 Å². The Morgan fingerprint density at radius 3 is 2.80 bits per heavy atom. The van der Waals surface area contributed by atoms with E-state index in [1.807, 2.05) is 24.4 Å². The molecule has 1 aliphatic heterocycles. The van der Waals surface area contributed by atoms with Crippen molar-refractivity contribution >= 4 is 10.9 Å². The number of likely N-dealkylation sites (tertiary alicyclic amines) is 1. The van der Waals surface area contributed by atoms with Crippen LogP contribution in [-0.4, -0.2) is 48.3 Å². The molecule has 0 aliphatic carbocycles. The maximum absolute atomic E-state index is 13.8. The summed E-state index contributed by atoms with van der Waals surface area (Å²) in [4.78, 5) is 6.54. The average molecular weight is 483 g/mol. The van der Waals surface area contributed by atoms with Gasteiger partial charge in [-0.3, -0.25) is 9.88 Å². The van der Waals surface area contributed by atoms with E-state index < -0.39 is 17.5 Å². The number of pyridine rings is 1. The smallest absolute Gasteiger partial charge is 0.174 e. The van der Waals surface area contributed by atoms with Crippen LogP contribution >= 0.6 is 0 Å². The van der Waals surface area contributed by atoms with Crippen LogP contribution in [0.25, 0.3) is 10.9 Å². The van der Waals surface area contributed by atoms with Gasteiger partial charge < -0.3 is 9.84 Å². The van der Waals surface area contributed by atoms with Crippen LogP contribution in [0.3, 0.4) is 0 Å². The van der Waals surface area contributed by atoms with Gasteiger partial charge >= 0.3 is 0 Å². The zero-order valence-corrected chi connectivity index (χ0v) is 19.7. The number of halogens is 3. The molecular formula is C28H29F3N2O2. The number of methoxy groups -OCH3 is 1. The Kier molecular flexibility index (Phi) is 8.27. The highest BCUT2D eigenvalue weighted by molar-refractivity contribution is 5.83. The summed E-state index contributed by atoms with van der Waals surface area (Å²) in [7, 11) is 1.66. The number of aromatic nitrogens is 1. The van der Waals surface area contributed by atoms with Crippen molar-refractivity contribution in [2.45, 2.75) is 25.7 Å². The summed E-state index contributed by atoms with van der Waals surface area (Å²) in [5.74, 6) is 3.48. The molecule has 0 saturated carbocycles. The fourth-order valence-electron chi connectivity index (χ4n) is 4.86. The van der Waals surface area contributed by atoms with Gasteiger partial charge in [-0.25, -0.2) is 13.2 Å². The number of aliphatic hydroxyl groups excluding tert-OH is 1. The number of rotatable bonds is 7. The van der Waals surface area contributed by atoms with Crippen LogP contribution in [0.1, 0.15) is 30.4 Å². The van der Waals surface area contributed by atoms with Crippen LogP contribution in [0.4, 0.5) is 13.2 Å². The molecule has 0 spiro atoms. The van der Waals surface area contributed by atoms with Crippen LogP contribution in [-0.2, 0) is 6.42 Å². The van der Waals surface area contributed by atoms with Gasteiger partial charge in [0.05, 0.1) is 24.7 Å². The second-order valence-electron chi connectivity index (χ2n) is 9.02. The van der Waals surface area contributed by atoms with Gasteiger partial charge in [0.1, 0.15) is 11.6 Å².